The average molecular weight is 345 g/mol. The number of hydrogen-bond acceptors (Lipinski definition) is 3. The van der Waals surface area contributed by atoms with Crippen molar-refractivity contribution in [2.24, 2.45) is 0 Å². The number of nitrogens with zero attached hydrogens (tertiary/aromatic N) is 2. The van der Waals surface area contributed by atoms with Crippen molar-refractivity contribution in [3.8, 4) is 0 Å². The molecule has 128 valence electrons. The molecule has 1 atom stereocenters. The van der Waals surface area contributed by atoms with E-state index in [4.69, 9.17) is 0 Å². The molecule has 1 N–H and O–H groups in total. The topological polar surface area (TPSA) is 64.0 Å². The highest BCUT2D eigenvalue weighted by Crippen LogP contribution is 2.33. The highest BCUT2D eigenvalue weighted by atomic mass is 32.2. The summed E-state index contributed by atoms with van der Waals surface area (Å²) in [5, 5.41) is 7.62. The van der Waals surface area contributed by atoms with Gasteiger partial charge in [-0.2, -0.15) is 5.10 Å². The van der Waals surface area contributed by atoms with Gasteiger partial charge in [0.15, 0.2) is 0 Å². The maximum absolute atomic E-state index is 12.7. The van der Waals surface area contributed by atoms with E-state index in [1.54, 1.807) is 0 Å². The first-order valence-electron chi connectivity index (χ1n) is 8.01. The van der Waals surface area contributed by atoms with Gasteiger partial charge in [0, 0.05) is 21.9 Å². The lowest BCUT2D eigenvalue weighted by atomic mass is 10.1. The van der Waals surface area contributed by atoms with E-state index in [2.05, 4.69) is 10.4 Å². The quantitative estimate of drug-likeness (QED) is 0.908. The Balaban J connectivity index is 2.00. The number of hydrogen-bond donors (Lipinski definition) is 1. The van der Waals surface area contributed by atoms with Crippen LogP contribution in [-0.4, -0.2) is 19.9 Å². The Bertz CT molecular complexity index is 826. The van der Waals surface area contributed by atoms with Crippen LogP contribution < -0.4 is 5.32 Å². The molecule has 24 heavy (non-hydrogen) atoms. The summed E-state index contributed by atoms with van der Waals surface area (Å²) in [5.41, 5.74) is 4.20. The van der Waals surface area contributed by atoms with E-state index in [0.29, 0.717) is 22.9 Å². The third-order valence-electron chi connectivity index (χ3n) is 4.02. The Morgan fingerprint density at radius 3 is 2.38 bits per heavy atom. The van der Waals surface area contributed by atoms with E-state index in [9.17, 15) is 9.00 Å². The number of aromatic nitrogens is 2. The predicted octanol–water partition coefficient (Wildman–Crippen LogP) is 3.27. The number of fused-ring (bicyclic) bond motifs is 1. The Morgan fingerprint density at radius 2 is 1.79 bits per heavy atom. The van der Waals surface area contributed by atoms with Crippen LogP contribution in [0.1, 0.15) is 53.5 Å². The number of rotatable bonds is 2. The van der Waals surface area contributed by atoms with Gasteiger partial charge in [-0.25, -0.2) is 4.68 Å². The molecule has 1 amide bonds. The lowest BCUT2D eigenvalue weighted by Gasteiger charge is -2.23. The monoisotopic (exact) mass is 345 g/mol. The van der Waals surface area contributed by atoms with E-state index < -0.39 is 10.8 Å². The van der Waals surface area contributed by atoms with Crippen molar-refractivity contribution < 1.29 is 9.00 Å². The number of nitrogens with one attached hydrogen (secondary N) is 1. The third kappa shape index (κ3) is 3.15. The lowest BCUT2D eigenvalue weighted by molar-refractivity contribution is 0.102. The van der Waals surface area contributed by atoms with Crippen molar-refractivity contribution in [1.82, 2.24) is 9.78 Å². The average Bonchev–Trinajstić information content (AvgIpc) is 2.95. The van der Waals surface area contributed by atoms with Gasteiger partial charge in [-0.1, -0.05) is 17.2 Å². The standard InChI is InChI=1S/C18H23N3O2S/c1-11-6-12(2)8-13(7-11)17(22)19-16-14-9-24(23)10-15(14)20-21(16)18(3,4)5/h6-8H,9-10H2,1-5H3,(H,19,22)/t24-/m0/s1. The van der Waals surface area contributed by atoms with Crippen molar-refractivity contribution in [3.63, 3.8) is 0 Å². The maximum Gasteiger partial charge on any atom is 0.256 e. The highest BCUT2D eigenvalue weighted by Gasteiger charge is 2.31. The third-order valence-corrected chi connectivity index (χ3v) is 5.23. The second-order valence-corrected chi connectivity index (χ2v) is 8.87. The van der Waals surface area contributed by atoms with Crippen molar-refractivity contribution in [1.29, 1.82) is 0 Å². The summed E-state index contributed by atoms with van der Waals surface area (Å²) in [5.74, 6) is 1.43. The molecule has 0 aliphatic carbocycles. The fraction of sp³-hybridized carbons (Fsp3) is 0.444. The van der Waals surface area contributed by atoms with Crippen molar-refractivity contribution in [2.45, 2.75) is 51.7 Å². The first-order valence-corrected chi connectivity index (χ1v) is 9.50. The summed E-state index contributed by atoms with van der Waals surface area (Å²) in [7, 11) is -0.927. The molecular weight excluding hydrogens is 322 g/mol. The van der Waals surface area contributed by atoms with Crippen LogP contribution >= 0.6 is 0 Å². The zero-order valence-electron chi connectivity index (χ0n) is 14.8. The Kier molecular flexibility index (Phi) is 4.11. The molecule has 0 saturated carbocycles. The fourth-order valence-corrected chi connectivity index (χ4v) is 4.29. The number of benzene rings is 1. The van der Waals surface area contributed by atoms with E-state index >= 15 is 0 Å². The van der Waals surface area contributed by atoms with Crippen LogP contribution in [0.15, 0.2) is 18.2 Å². The fourth-order valence-electron chi connectivity index (χ4n) is 3.03. The second-order valence-electron chi connectivity index (χ2n) is 7.42. The molecular formula is C18H23N3O2S. The zero-order valence-corrected chi connectivity index (χ0v) is 15.6. The van der Waals surface area contributed by atoms with E-state index in [0.717, 1.165) is 22.4 Å². The van der Waals surface area contributed by atoms with Crippen molar-refractivity contribution in [2.75, 3.05) is 5.32 Å². The van der Waals surface area contributed by atoms with Gasteiger partial charge in [-0.3, -0.25) is 9.00 Å². The highest BCUT2D eigenvalue weighted by molar-refractivity contribution is 7.83. The molecule has 2 aromatic rings. The van der Waals surface area contributed by atoms with Crippen LogP contribution in [0.3, 0.4) is 0 Å². The van der Waals surface area contributed by atoms with Crippen LogP contribution in [-0.2, 0) is 27.8 Å². The molecule has 0 unspecified atom stereocenters. The van der Waals surface area contributed by atoms with Crippen molar-refractivity contribution >= 4 is 22.5 Å². The predicted molar refractivity (Wildman–Crippen MR) is 96.6 cm³/mol. The first kappa shape index (κ1) is 16.9. The van der Waals surface area contributed by atoms with Gasteiger partial charge in [-0.15, -0.1) is 0 Å². The Hall–Kier alpha value is -1.95. The second kappa shape index (κ2) is 5.84. The molecule has 0 radical (unpaired) electrons. The van der Waals surface area contributed by atoms with Gasteiger partial charge in [0.1, 0.15) is 5.82 Å². The van der Waals surface area contributed by atoms with Crippen molar-refractivity contribution in [3.05, 3.63) is 46.1 Å². The Morgan fingerprint density at radius 1 is 1.17 bits per heavy atom. The summed E-state index contributed by atoms with van der Waals surface area (Å²) in [6, 6.07) is 5.79. The molecule has 0 spiro atoms. The van der Waals surface area contributed by atoms with Gasteiger partial charge in [0.05, 0.1) is 22.7 Å². The molecule has 0 saturated heterocycles. The first-order chi connectivity index (χ1) is 11.1. The minimum absolute atomic E-state index is 0.160. The summed E-state index contributed by atoms with van der Waals surface area (Å²) in [4.78, 5) is 12.7. The van der Waals surface area contributed by atoms with E-state index in [-0.39, 0.29) is 11.4 Å². The van der Waals surface area contributed by atoms with Crippen LogP contribution in [0.2, 0.25) is 0 Å². The van der Waals surface area contributed by atoms with Crippen LogP contribution in [0.25, 0.3) is 0 Å². The molecule has 6 heteroatoms. The SMILES string of the molecule is Cc1cc(C)cc(C(=O)Nc2c3c(nn2C(C)(C)C)C[S@@](=O)C3)c1. The normalized spacial score (nSPS) is 17.0. The molecule has 1 aliphatic heterocycles. The minimum Gasteiger partial charge on any atom is -0.306 e. The molecule has 3 rings (SSSR count). The maximum atomic E-state index is 12.7. The summed E-state index contributed by atoms with van der Waals surface area (Å²) in [6.45, 7) is 10.1. The molecule has 1 aliphatic rings. The molecule has 5 nitrogen and oxygen atoms in total. The minimum atomic E-state index is -0.927. The van der Waals surface area contributed by atoms with Gasteiger partial charge in [0.25, 0.3) is 5.91 Å². The van der Waals surface area contributed by atoms with Crippen LogP contribution in [0.5, 0.6) is 0 Å². The molecule has 2 heterocycles. The summed E-state index contributed by atoms with van der Waals surface area (Å²) < 4.78 is 13.7. The number of anilines is 1. The molecule has 1 aromatic carbocycles. The van der Waals surface area contributed by atoms with Crippen LogP contribution in [0, 0.1) is 13.8 Å². The number of aryl methyl sites for hydroxylation is 2. The summed E-state index contributed by atoms with van der Waals surface area (Å²) in [6.07, 6.45) is 0. The van der Waals surface area contributed by atoms with Gasteiger partial charge in [0.2, 0.25) is 0 Å². The smallest absolute Gasteiger partial charge is 0.256 e. The summed E-state index contributed by atoms with van der Waals surface area (Å²) >= 11 is 0. The van der Waals surface area contributed by atoms with Gasteiger partial charge >= 0.3 is 0 Å². The van der Waals surface area contributed by atoms with E-state index in [1.165, 1.54) is 0 Å². The lowest BCUT2D eigenvalue weighted by Crippen LogP contribution is -2.27. The Labute approximate surface area is 144 Å². The molecule has 0 bridgehead atoms. The largest absolute Gasteiger partial charge is 0.306 e. The number of amides is 1. The zero-order chi connectivity index (χ0) is 17.6. The number of carbonyl (C=O) groups is 1. The number of carbonyl (C=O) groups excluding carboxylic acids is 1. The van der Waals surface area contributed by atoms with Gasteiger partial charge < -0.3 is 5.32 Å². The molecule has 0 fully saturated rings. The molecule has 1 aromatic heterocycles. The van der Waals surface area contributed by atoms with Gasteiger partial charge in [-0.05, 0) is 46.8 Å². The van der Waals surface area contributed by atoms with E-state index in [1.807, 2.05) is 57.5 Å². The van der Waals surface area contributed by atoms with Crippen LogP contribution in [0.4, 0.5) is 5.82 Å².